The van der Waals surface area contributed by atoms with E-state index in [1.54, 1.807) is 12.1 Å². The molecule has 0 spiro atoms. The fraction of sp³-hybridized carbons (Fsp3) is 0.0556. The SMILES string of the molecule is Cc1ccccc1/C=C/C(=O)c1cc2ccccc2o1. The number of carbonyl (C=O) groups is 1. The number of fused-ring (bicyclic) bond motifs is 1. The molecule has 0 atom stereocenters. The predicted molar refractivity (Wildman–Crippen MR) is 80.8 cm³/mol. The normalized spacial score (nSPS) is 11.2. The van der Waals surface area contributed by atoms with E-state index >= 15 is 0 Å². The number of carbonyl (C=O) groups excluding carboxylic acids is 1. The van der Waals surface area contributed by atoms with Crippen molar-refractivity contribution in [2.24, 2.45) is 0 Å². The molecule has 0 N–H and O–H groups in total. The van der Waals surface area contributed by atoms with E-state index < -0.39 is 0 Å². The van der Waals surface area contributed by atoms with Gasteiger partial charge in [0, 0.05) is 5.39 Å². The Labute approximate surface area is 117 Å². The molecule has 0 aliphatic carbocycles. The van der Waals surface area contributed by atoms with E-state index in [0.29, 0.717) is 5.76 Å². The lowest BCUT2D eigenvalue weighted by Crippen LogP contribution is -1.90. The van der Waals surface area contributed by atoms with Crippen LogP contribution in [0.15, 0.2) is 65.1 Å². The van der Waals surface area contributed by atoms with Gasteiger partial charge < -0.3 is 4.42 Å². The standard InChI is InChI=1S/C18H14O2/c1-13-6-2-3-7-14(13)10-11-16(19)18-12-15-8-4-5-9-17(15)20-18/h2-12H,1H3/b11-10+. The van der Waals surface area contributed by atoms with Crippen LogP contribution in [0.4, 0.5) is 0 Å². The van der Waals surface area contributed by atoms with E-state index in [2.05, 4.69) is 0 Å². The van der Waals surface area contributed by atoms with Crippen molar-refractivity contribution in [2.45, 2.75) is 6.92 Å². The molecule has 0 unspecified atom stereocenters. The second kappa shape index (κ2) is 5.17. The van der Waals surface area contributed by atoms with Gasteiger partial charge in [0.25, 0.3) is 0 Å². The molecular weight excluding hydrogens is 248 g/mol. The summed E-state index contributed by atoms with van der Waals surface area (Å²) in [6.45, 7) is 2.02. The predicted octanol–water partition coefficient (Wildman–Crippen LogP) is 4.64. The van der Waals surface area contributed by atoms with Gasteiger partial charge in [-0.1, -0.05) is 48.5 Å². The summed E-state index contributed by atoms with van der Waals surface area (Å²) < 4.78 is 5.55. The van der Waals surface area contributed by atoms with Crippen LogP contribution in [0, 0.1) is 6.92 Å². The third-order valence-corrected chi connectivity index (χ3v) is 3.27. The molecule has 3 rings (SSSR count). The van der Waals surface area contributed by atoms with E-state index in [0.717, 1.165) is 22.1 Å². The van der Waals surface area contributed by atoms with Gasteiger partial charge in [-0.2, -0.15) is 0 Å². The molecule has 98 valence electrons. The molecule has 3 aromatic rings. The highest BCUT2D eigenvalue weighted by Crippen LogP contribution is 2.19. The second-order valence-electron chi connectivity index (χ2n) is 4.70. The molecule has 0 radical (unpaired) electrons. The minimum Gasteiger partial charge on any atom is -0.453 e. The lowest BCUT2D eigenvalue weighted by Gasteiger charge is -1.97. The molecule has 20 heavy (non-hydrogen) atoms. The zero-order valence-electron chi connectivity index (χ0n) is 11.2. The highest BCUT2D eigenvalue weighted by atomic mass is 16.3. The smallest absolute Gasteiger partial charge is 0.221 e. The van der Waals surface area contributed by atoms with Crippen LogP contribution < -0.4 is 0 Å². The first kappa shape index (κ1) is 12.4. The van der Waals surface area contributed by atoms with Gasteiger partial charge >= 0.3 is 0 Å². The summed E-state index contributed by atoms with van der Waals surface area (Å²) in [6, 6.07) is 17.3. The summed E-state index contributed by atoms with van der Waals surface area (Å²) in [7, 11) is 0. The largest absolute Gasteiger partial charge is 0.453 e. The average Bonchev–Trinajstić information content (AvgIpc) is 2.90. The number of hydrogen-bond donors (Lipinski definition) is 0. The van der Waals surface area contributed by atoms with E-state index in [4.69, 9.17) is 4.42 Å². The van der Waals surface area contributed by atoms with Crippen LogP contribution in [0.5, 0.6) is 0 Å². The first-order chi connectivity index (χ1) is 9.74. The Morgan fingerprint density at radius 3 is 2.60 bits per heavy atom. The maximum Gasteiger partial charge on any atom is 0.221 e. The van der Waals surface area contributed by atoms with Crippen LogP contribution in [0.25, 0.3) is 17.0 Å². The molecule has 0 bridgehead atoms. The summed E-state index contributed by atoms with van der Waals surface area (Å²) in [5.41, 5.74) is 2.92. The van der Waals surface area contributed by atoms with Crippen LogP contribution in [0.3, 0.4) is 0 Å². The van der Waals surface area contributed by atoms with Crippen LogP contribution in [-0.2, 0) is 0 Å². The topological polar surface area (TPSA) is 30.2 Å². The zero-order valence-corrected chi connectivity index (χ0v) is 11.2. The van der Waals surface area contributed by atoms with Crippen molar-refractivity contribution in [1.82, 2.24) is 0 Å². The molecule has 1 aromatic heterocycles. The van der Waals surface area contributed by atoms with Crippen molar-refractivity contribution in [1.29, 1.82) is 0 Å². The molecule has 0 saturated carbocycles. The molecule has 2 nitrogen and oxygen atoms in total. The van der Waals surface area contributed by atoms with Gasteiger partial charge in [0.15, 0.2) is 5.76 Å². The minimum absolute atomic E-state index is 0.121. The monoisotopic (exact) mass is 262 g/mol. The third-order valence-electron chi connectivity index (χ3n) is 3.27. The van der Waals surface area contributed by atoms with Gasteiger partial charge in [-0.15, -0.1) is 0 Å². The first-order valence-electron chi connectivity index (χ1n) is 6.51. The summed E-state index contributed by atoms with van der Waals surface area (Å²) >= 11 is 0. The van der Waals surface area contributed by atoms with Gasteiger partial charge in [-0.3, -0.25) is 4.79 Å². The number of benzene rings is 2. The lowest BCUT2D eigenvalue weighted by atomic mass is 10.1. The van der Waals surface area contributed by atoms with Crippen LogP contribution in [0.1, 0.15) is 21.7 Å². The molecule has 0 fully saturated rings. The molecule has 0 aliphatic rings. The second-order valence-corrected chi connectivity index (χ2v) is 4.70. The number of allylic oxidation sites excluding steroid dienone is 1. The zero-order chi connectivity index (χ0) is 13.9. The maximum atomic E-state index is 12.1. The van der Waals surface area contributed by atoms with E-state index in [1.165, 1.54) is 0 Å². The van der Waals surface area contributed by atoms with Gasteiger partial charge in [-0.05, 0) is 36.3 Å². The highest BCUT2D eigenvalue weighted by molar-refractivity contribution is 6.07. The fourth-order valence-corrected chi connectivity index (χ4v) is 2.12. The Bertz CT molecular complexity index is 761. The van der Waals surface area contributed by atoms with Crippen molar-refractivity contribution in [2.75, 3.05) is 0 Å². The number of rotatable bonds is 3. The van der Waals surface area contributed by atoms with Crippen molar-refractivity contribution in [3.63, 3.8) is 0 Å². The summed E-state index contributed by atoms with van der Waals surface area (Å²) in [4.78, 5) is 12.1. The number of furan rings is 1. The quantitative estimate of drug-likeness (QED) is 0.508. The van der Waals surface area contributed by atoms with Crippen molar-refractivity contribution in [3.05, 3.63) is 77.6 Å². The van der Waals surface area contributed by atoms with E-state index in [9.17, 15) is 4.79 Å². The van der Waals surface area contributed by atoms with E-state index in [1.807, 2.05) is 61.5 Å². The number of ketones is 1. The Kier molecular flexibility index (Phi) is 3.21. The average molecular weight is 262 g/mol. The van der Waals surface area contributed by atoms with Crippen LogP contribution in [-0.4, -0.2) is 5.78 Å². The first-order valence-corrected chi connectivity index (χ1v) is 6.51. The summed E-state index contributed by atoms with van der Waals surface area (Å²) in [5, 5.41) is 0.945. The number of aryl methyl sites for hydroxylation is 1. The third kappa shape index (κ3) is 2.41. The Hall–Kier alpha value is -2.61. The Balaban J connectivity index is 1.88. The van der Waals surface area contributed by atoms with Crippen LogP contribution in [0.2, 0.25) is 0 Å². The summed E-state index contributed by atoms with van der Waals surface area (Å²) in [6.07, 6.45) is 3.38. The van der Waals surface area contributed by atoms with Crippen molar-refractivity contribution < 1.29 is 9.21 Å². The molecule has 1 heterocycles. The number of hydrogen-bond acceptors (Lipinski definition) is 2. The Morgan fingerprint density at radius 1 is 1.05 bits per heavy atom. The molecule has 2 heteroatoms. The summed E-state index contributed by atoms with van der Waals surface area (Å²) in [5.74, 6) is 0.250. The molecule has 0 saturated heterocycles. The molecule has 0 aliphatic heterocycles. The minimum atomic E-state index is -0.121. The Morgan fingerprint density at radius 2 is 1.80 bits per heavy atom. The fourth-order valence-electron chi connectivity index (χ4n) is 2.12. The molecule has 0 amide bonds. The van der Waals surface area contributed by atoms with Gasteiger partial charge in [-0.25, -0.2) is 0 Å². The van der Waals surface area contributed by atoms with E-state index in [-0.39, 0.29) is 5.78 Å². The van der Waals surface area contributed by atoms with Crippen molar-refractivity contribution in [3.8, 4) is 0 Å². The molecular formula is C18H14O2. The maximum absolute atomic E-state index is 12.1. The van der Waals surface area contributed by atoms with Crippen molar-refractivity contribution >= 4 is 22.8 Å². The highest BCUT2D eigenvalue weighted by Gasteiger charge is 2.08. The van der Waals surface area contributed by atoms with Gasteiger partial charge in [0.1, 0.15) is 5.58 Å². The lowest BCUT2D eigenvalue weighted by molar-refractivity contribution is 0.102. The van der Waals surface area contributed by atoms with Crippen LogP contribution >= 0.6 is 0 Å². The van der Waals surface area contributed by atoms with Gasteiger partial charge in [0.2, 0.25) is 5.78 Å². The van der Waals surface area contributed by atoms with Gasteiger partial charge in [0.05, 0.1) is 0 Å². The number of para-hydroxylation sites is 1. The molecule has 2 aromatic carbocycles.